The quantitative estimate of drug-likeness (QED) is 0.677. The van der Waals surface area contributed by atoms with E-state index in [1.54, 1.807) is 0 Å². The molecule has 0 aromatic heterocycles. The van der Waals surface area contributed by atoms with Crippen LogP contribution in [-0.4, -0.2) is 31.3 Å². The maximum Gasteiger partial charge on any atom is 0.160 e. The highest BCUT2D eigenvalue weighted by Crippen LogP contribution is 2.10. The van der Waals surface area contributed by atoms with Crippen LogP contribution in [-0.2, 0) is 4.79 Å². The van der Waals surface area contributed by atoms with Crippen molar-refractivity contribution in [3.63, 3.8) is 0 Å². The summed E-state index contributed by atoms with van der Waals surface area (Å²) in [5, 5.41) is 0. The molecule has 0 N–H and O–H groups in total. The highest BCUT2D eigenvalue weighted by molar-refractivity contribution is 5.96. The van der Waals surface area contributed by atoms with Gasteiger partial charge in [-0.15, -0.1) is 0 Å². The number of carbonyl (C=O) groups excluding carboxylic acids is 1. The minimum atomic E-state index is 0.259. The zero-order chi connectivity index (χ0) is 10.4. The molecule has 0 saturated heterocycles. The molecular formula is C12H17NO. The van der Waals surface area contributed by atoms with Crippen molar-refractivity contribution in [3.05, 3.63) is 36.0 Å². The molecule has 0 unspecified atom stereocenters. The Bertz CT molecular complexity index is 285. The molecule has 76 valence electrons. The third-order valence-corrected chi connectivity index (χ3v) is 2.14. The van der Waals surface area contributed by atoms with Crippen LogP contribution in [0.25, 0.3) is 0 Å². The predicted molar refractivity (Wildman–Crippen MR) is 59.2 cm³/mol. The maximum absolute atomic E-state index is 11.7. The fourth-order valence-electron chi connectivity index (χ4n) is 1.27. The van der Waals surface area contributed by atoms with E-state index >= 15 is 0 Å². The second-order valence-electron chi connectivity index (χ2n) is 3.69. The van der Waals surface area contributed by atoms with E-state index in [1.165, 1.54) is 0 Å². The standard InChI is InChI=1S/C12H17NO/c1-13(2)10-9-12(14)11-7-5-3-4-6-8-11/h3-7H,8-10H2,1-2H3. The summed E-state index contributed by atoms with van der Waals surface area (Å²) in [6.07, 6.45) is 11.2. The second kappa shape index (κ2) is 5.55. The highest BCUT2D eigenvalue weighted by atomic mass is 16.1. The Kier molecular flexibility index (Phi) is 4.33. The van der Waals surface area contributed by atoms with Crippen molar-refractivity contribution in [2.75, 3.05) is 20.6 Å². The lowest BCUT2D eigenvalue weighted by atomic mass is 10.1. The van der Waals surface area contributed by atoms with Crippen molar-refractivity contribution in [2.45, 2.75) is 12.8 Å². The molecule has 0 radical (unpaired) electrons. The van der Waals surface area contributed by atoms with Gasteiger partial charge in [0, 0.05) is 13.0 Å². The van der Waals surface area contributed by atoms with Crippen LogP contribution in [0.2, 0.25) is 0 Å². The van der Waals surface area contributed by atoms with Gasteiger partial charge >= 0.3 is 0 Å². The lowest BCUT2D eigenvalue weighted by Gasteiger charge is -2.09. The van der Waals surface area contributed by atoms with Gasteiger partial charge < -0.3 is 4.90 Å². The minimum Gasteiger partial charge on any atom is -0.309 e. The van der Waals surface area contributed by atoms with E-state index in [0.717, 1.165) is 18.5 Å². The average molecular weight is 191 g/mol. The van der Waals surface area contributed by atoms with Crippen molar-refractivity contribution >= 4 is 5.78 Å². The van der Waals surface area contributed by atoms with Crippen molar-refractivity contribution in [3.8, 4) is 0 Å². The summed E-state index contributed by atoms with van der Waals surface area (Å²) in [7, 11) is 3.96. The van der Waals surface area contributed by atoms with Crippen LogP contribution in [0.15, 0.2) is 36.0 Å². The number of ketones is 1. The van der Waals surface area contributed by atoms with E-state index in [4.69, 9.17) is 0 Å². The van der Waals surface area contributed by atoms with Crippen LogP contribution in [0.3, 0.4) is 0 Å². The molecule has 0 heterocycles. The van der Waals surface area contributed by atoms with E-state index in [0.29, 0.717) is 6.42 Å². The van der Waals surface area contributed by atoms with E-state index < -0.39 is 0 Å². The van der Waals surface area contributed by atoms with Gasteiger partial charge in [0.2, 0.25) is 0 Å². The molecule has 0 bridgehead atoms. The molecular weight excluding hydrogens is 174 g/mol. The number of nitrogens with zero attached hydrogens (tertiary/aromatic N) is 1. The Morgan fingerprint density at radius 2 is 2.14 bits per heavy atom. The summed E-state index contributed by atoms with van der Waals surface area (Å²) in [5.74, 6) is 0.259. The van der Waals surface area contributed by atoms with Gasteiger partial charge in [-0.25, -0.2) is 0 Å². The first kappa shape index (κ1) is 10.9. The molecule has 14 heavy (non-hydrogen) atoms. The molecule has 0 aliphatic heterocycles. The first-order valence-electron chi connectivity index (χ1n) is 4.90. The number of carbonyl (C=O) groups is 1. The molecule has 0 aromatic carbocycles. The van der Waals surface area contributed by atoms with Crippen molar-refractivity contribution in [2.24, 2.45) is 0 Å². The Labute approximate surface area is 85.6 Å². The van der Waals surface area contributed by atoms with Gasteiger partial charge in [0.25, 0.3) is 0 Å². The fourth-order valence-corrected chi connectivity index (χ4v) is 1.27. The van der Waals surface area contributed by atoms with Crippen LogP contribution < -0.4 is 0 Å². The van der Waals surface area contributed by atoms with Gasteiger partial charge in [0.15, 0.2) is 5.78 Å². The molecule has 0 aromatic rings. The van der Waals surface area contributed by atoms with E-state index in [9.17, 15) is 4.79 Å². The van der Waals surface area contributed by atoms with Crippen molar-refractivity contribution in [1.82, 2.24) is 4.90 Å². The van der Waals surface area contributed by atoms with E-state index in [1.807, 2.05) is 49.4 Å². The van der Waals surface area contributed by atoms with Gasteiger partial charge in [-0.2, -0.15) is 0 Å². The van der Waals surface area contributed by atoms with Crippen LogP contribution >= 0.6 is 0 Å². The number of hydrogen-bond donors (Lipinski definition) is 0. The smallest absolute Gasteiger partial charge is 0.160 e. The molecule has 1 aliphatic rings. The summed E-state index contributed by atoms with van der Waals surface area (Å²) >= 11 is 0. The normalized spacial score (nSPS) is 15.5. The molecule has 0 spiro atoms. The molecule has 2 heteroatoms. The molecule has 1 rings (SSSR count). The monoisotopic (exact) mass is 191 g/mol. The summed E-state index contributed by atoms with van der Waals surface area (Å²) < 4.78 is 0. The van der Waals surface area contributed by atoms with Gasteiger partial charge in [-0.05, 0) is 26.1 Å². The summed E-state index contributed by atoms with van der Waals surface area (Å²) in [5.41, 5.74) is 0.914. The maximum atomic E-state index is 11.7. The van der Waals surface area contributed by atoms with Gasteiger partial charge in [0.05, 0.1) is 0 Å². The average Bonchev–Trinajstić information content (AvgIpc) is 2.42. The Morgan fingerprint density at radius 3 is 2.86 bits per heavy atom. The fraction of sp³-hybridized carbons (Fsp3) is 0.417. The van der Waals surface area contributed by atoms with Gasteiger partial charge in [0.1, 0.15) is 0 Å². The topological polar surface area (TPSA) is 20.3 Å². The summed E-state index contributed by atoms with van der Waals surface area (Å²) in [6, 6.07) is 0. The first-order chi connectivity index (χ1) is 6.70. The molecule has 0 saturated carbocycles. The van der Waals surface area contributed by atoms with Crippen LogP contribution in [0.5, 0.6) is 0 Å². The Hall–Kier alpha value is -1.15. The molecule has 0 fully saturated rings. The van der Waals surface area contributed by atoms with Crippen LogP contribution in [0.1, 0.15) is 12.8 Å². The zero-order valence-corrected chi connectivity index (χ0v) is 8.86. The third-order valence-electron chi connectivity index (χ3n) is 2.14. The summed E-state index contributed by atoms with van der Waals surface area (Å²) in [6.45, 7) is 0.823. The van der Waals surface area contributed by atoms with Gasteiger partial charge in [-0.1, -0.05) is 30.4 Å². The largest absolute Gasteiger partial charge is 0.309 e. The number of hydrogen-bond acceptors (Lipinski definition) is 2. The SMILES string of the molecule is CN(C)CCC(=O)C1=CC=CC=CC1. The zero-order valence-electron chi connectivity index (χ0n) is 8.86. The highest BCUT2D eigenvalue weighted by Gasteiger charge is 2.08. The van der Waals surface area contributed by atoms with Gasteiger partial charge in [-0.3, -0.25) is 4.79 Å². The molecule has 2 nitrogen and oxygen atoms in total. The second-order valence-corrected chi connectivity index (χ2v) is 3.69. The number of Topliss-reactive ketones (excluding diaryl/α,β-unsaturated/α-hetero) is 1. The third kappa shape index (κ3) is 3.71. The Balaban J connectivity index is 2.48. The van der Waals surface area contributed by atoms with Crippen LogP contribution in [0.4, 0.5) is 0 Å². The number of allylic oxidation sites excluding steroid dienone is 6. The van der Waals surface area contributed by atoms with E-state index in [-0.39, 0.29) is 5.78 Å². The summed E-state index contributed by atoms with van der Waals surface area (Å²) in [4.78, 5) is 13.7. The lowest BCUT2D eigenvalue weighted by Crippen LogP contribution is -2.17. The number of rotatable bonds is 4. The van der Waals surface area contributed by atoms with Crippen molar-refractivity contribution < 1.29 is 4.79 Å². The molecule has 0 amide bonds. The predicted octanol–water partition coefficient (Wildman–Crippen LogP) is 1.95. The van der Waals surface area contributed by atoms with E-state index in [2.05, 4.69) is 0 Å². The van der Waals surface area contributed by atoms with Crippen molar-refractivity contribution in [1.29, 1.82) is 0 Å². The minimum absolute atomic E-state index is 0.259. The lowest BCUT2D eigenvalue weighted by molar-refractivity contribution is -0.115. The molecule has 1 aliphatic carbocycles. The van der Waals surface area contributed by atoms with Crippen LogP contribution in [0, 0.1) is 0 Å². The Morgan fingerprint density at radius 1 is 1.36 bits per heavy atom. The molecule has 0 atom stereocenters. The first-order valence-corrected chi connectivity index (χ1v) is 4.90.